The Morgan fingerprint density at radius 3 is 2.40 bits per heavy atom. The fourth-order valence-electron chi connectivity index (χ4n) is 2.91. The van der Waals surface area contributed by atoms with Crippen LogP contribution in [-0.4, -0.2) is 38.0 Å². The van der Waals surface area contributed by atoms with E-state index < -0.39 is 6.09 Å². The van der Waals surface area contributed by atoms with E-state index in [2.05, 4.69) is 15.1 Å². The summed E-state index contributed by atoms with van der Waals surface area (Å²) in [5.74, 6) is -0.494. The van der Waals surface area contributed by atoms with E-state index in [4.69, 9.17) is 11.5 Å². The number of benzene rings is 2. The molecule has 0 bridgehead atoms. The molecule has 9 nitrogen and oxygen atoms in total. The summed E-state index contributed by atoms with van der Waals surface area (Å²) >= 11 is 1.17. The number of para-hydroxylation sites is 1. The molecule has 1 amide bonds. The third kappa shape index (κ3) is 3.35. The highest BCUT2D eigenvalue weighted by Crippen LogP contribution is 2.35. The molecule has 5 N–H and O–H groups in total. The summed E-state index contributed by atoms with van der Waals surface area (Å²) in [6.07, 6.45) is -1.25. The molecule has 0 saturated heterocycles. The van der Waals surface area contributed by atoms with Gasteiger partial charge in [-0.15, -0.1) is 0 Å². The molecule has 0 fully saturated rings. The lowest BCUT2D eigenvalue weighted by Crippen LogP contribution is -2.27. The normalized spacial score (nSPS) is 11.0. The maximum Gasteiger partial charge on any atom is 0.411 e. The van der Waals surface area contributed by atoms with Crippen LogP contribution in [0.2, 0.25) is 0 Å². The molecule has 0 atom stereocenters. The number of anilines is 3. The second-order valence-electron chi connectivity index (χ2n) is 6.25. The zero-order chi connectivity index (χ0) is 21.4. The van der Waals surface area contributed by atoms with Crippen LogP contribution in [0.3, 0.4) is 0 Å². The number of halogens is 1. The van der Waals surface area contributed by atoms with E-state index in [0.29, 0.717) is 15.4 Å². The molecule has 0 aliphatic rings. The zero-order valence-electron chi connectivity index (χ0n) is 15.7. The molecule has 2 aromatic carbocycles. The molecule has 0 aliphatic heterocycles. The number of amides is 1. The Balaban J connectivity index is 1.84. The van der Waals surface area contributed by atoms with Crippen LogP contribution >= 0.6 is 11.8 Å². The van der Waals surface area contributed by atoms with Crippen molar-refractivity contribution in [2.24, 2.45) is 0 Å². The van der Waals surface area contributed by atoms with Gasteiger partial charge >= 0.3 is 6.09 Å². The van der Waals surface area contributed by atoms with Crippen LogP contribution in [0.15, 0.2) is 58.5 Å². The van der Waals surface area contributed by atoms with Crippen molar-refractivity contribution in [1.82, 2.24) is 19.7 Å². The van der Waals surface area contributed by atoms with Gasteiger partial charge < -0.3 is 16.6 Å². The third-order valence-electron chi connectivity index (χ3n) is 4.33. The summed E-state index contributed by atoms with van der Waals surface area (Å²) in [6.45, 7) is 0. The van der Waals surface area contributed by atoms with Gasteiger partial charge in [-0.1, -0.05) is 42.1 Å². The molecule has 2 aromatic heterocycles. The number of aromatic nitrogens is 4. The predicted octanol–water partition coefficient (Wildman–Crippen LogP) is 3.38. The lowest BCUT2D eigenvalue weighted by molar-refractivity contribution is 0.203. The number of hydrogen-bond acceptors (Lipinski definition) is 7. The van der Waals surface area contributed by atoms with E-state index in [-0.39, 0.29) is 29.1 Å². The number of nitrogen functional groups attached to an aromatic ring is 2. The van der Waals surface area contributed by atoms with E-state index in [1.807, 2.05) is 18.2 Å². The second-order valence-corrected chi connectivity index (χ2v) is 7.28. The Bertz CT molecular complexity index is 1250. The first-order valence-corrected chi connectivity index (χ1v) is 9.48. The van der Waals surface area contributed by atoms with E-state index in [1.165, 1.54) is 29.6 Å². The minimum Gasteiger partial charge on any atom is -0.465 e. The summed E-state index contributed by atoms with van der Waals surface area (Å²) in [4.78, 5) is 20.9. The molecule has 0 spiro atoms. The first-order valence-electron chi connectivity index (χ1n) is 8.67. The number of rotatable bonds is 4. The highest BCUT2D eigenvalue weighted by molar-refractivity contribution is 7.99. The molecular weight excluding hydrogens is 409 g/mol. The van der Waals surface area contributed by atoms with E-state index in [9.17, 15) is 14.3 Å². The Morgan fingerprint density at radius 2 is 1.73 bits per heavy atom. The lowest BCUT2D eigenvalue weighted by Gasteiger charge is -2.17. The predicted molar refractivity (Wildman–Crippen MR) is 112 cm³/mol. The van der Waals surface area contributed by atoms with Crippen molar-refractivity contribution in [3.8, 4) is 5.95 Å². The molecular formula is C19H16FN7O2S. The largest absolute Gasteiger partial charge is 0.465 e. The molecule has 11 heteroatoms. The SMILES string of the molecule is CN(C(=O)O)c1c(N)nc(-n2nc(Sc3ccccc3F)c3ccccc32)nc1N. The smallest absolute Gasteiger partial charge is 0.411 e. The Kier molecular flexibility index (Phi) is 4.88. The number of carboxylic acid groups (broad SMARTS) is 1. The van der Waals surface area contributed by atoms with Crippen molar-refractivity contribution >= 4 is 46.1 Å². The Labute approximate surface area is 174 Å². The molecule has 0 radical (unpaired) electrons. The second kappa shape index (κ2) is 7.52. The summed E-state index contributed by atoms with van der Waals surface area (Å²) in [7, 11) is 1.29. The fraction of sp³-hybridized carbons (Fsp3) is 0.0526. The average molecular weight is 425 g/mol. The van der Waals surface area contributed by atoms with Crippen molar-refractivity contribution in [3.05, 3.63) is 54.3 Å². The lowest BCUT2D eigenvalue weighted by atomic mass is 10.2. The number of nitrogens with two attached hydrogens (primary N) is 2. The highest BCUT2D eigenvalue weighted by atomic mass is 32.2. The van der Waals surface area contributed by atoms with Gasteiger partial charge in [-0.3, -0.25) is 4.90 Å². The summed E-state index contributed by atoms with van der Waals surface area (Å²) in [5, 5.41) is 15.0. The topological polar surface area (TPSA) is 136 Å². The van der Waals surface area contributed by atoms with Gasteiger partial charge in [0.2, 0.25) is 0 Å². The van der Waals surface area contributed by atoms with E-state index >= 15 is 0 Å². The third-order valence-corrected chi connectivity index (χ3v) is 5.38. The van der Waals surface area contributed by atoms with Crippen molar-refractivity contribution in [2.45, 2.75) is 9.92 Å². The van der Waals surface area contributed by atoms with Crippen LogP contribution < -0.4 is 16.4 Å². The minimum atomic E-state index is -1.25. The van der Waals surface area contributed by atoms with Gasteiger partial charge in [-0.2, -0.15) is 19.7 Å². The standard InChI is InChI=1S/C19H16FN7O2S/c1-26(19(28)29)14-15(21)23-18(24-16(14)22)27-12-8-4-2-6-10(12)17(25-27)30-13-9-5-3-7-11(13)20/h2-9H,1H3,(H,28,29)(H4,21,22,23,24). The number of nitrogens with zero attached hydrogens (tertiary/aromatic N) is 5. The van der Waals surface area contributed by atoms with Crippen LogP contribution in [0.1, 0.15) is 0 Å². The van der Waals surface area contributed by atoms with Gasteiger partial charge in [0.1, 0.15) is 16.5 Å². The van der Waals surface area contributed by atoms with E-state index in [0.717, 1.165) is 10.3 Å². The quantitative estimate of drug-likeness (QED) is 0.453. The summed E-state index contributed by atoms with van der Waals surface area (Å²) in [6, 6.07) is 13.7. The van der Waals surface area contributed by atoms with Crippen molar-refractivity contribution in [1.29, 1.82) is 0 Å². The van der Waals surface area contributed by atoms with Crippen molar-refractivity contribution < 1.29 is 14.3 Å². The van der Waals surface area contributed by atoms with Crippen LogP contribution in [0.4, 0.5) is 26.5 Å². The molecule has 0 unspecified atom stereocenters. The molecule has 2 heterocycles. The van der Waals surface area contributed by atoms with Crippen LogP contribution in [0.25, 0.3) is 16.9 Å². The summed E-state index contributed by atoms with van der Waals surface area (Å²) < 4.78 is 15.6. The molecule has 30 heavy (non-hydrogen) atoms. The highest BCUT2D eigenvalue weighted by Gasteiger charge is 2.21. The van der Waals surface area contributed by atoms with E-state index in [1.54, 1.807) is 24.3 Å². The van der Waals surface area contributed by atoms with Gasteiger partial charge in [-0.25, -0.2) is 9.18 Å². The minimum absolute atomic E-state index is 0.0105. The molecule has 4 rings (SSSR count). The van der Waals surface area contributed by atoms with Gasteiger partial charge in [-0.05, 0) is 18.2 Å². The van der Waals surface area contributed by atoms with Crippen molar-refractivity contribution in [2.75, 3.05) is 23.4 Å². The maximum absolute atomic E-state index is 14.1. The van der Waals surface area contributed by atoms with Gasteiger partial charge in [0, 0.05) is 17.3 Å². The monoisotopic (exact) mass is 425 g/mol. The van der Waals surface area contributed by atoms with Crippen LogP contribution in [-0.2, 0) is 0 Å². The first kappa shape index (κ1) is 19.5. The summed E-state index contributed by atoms with van der Waals surface area (Å²) in [5.41, 5.74) is 12.6. The number of hydrogen-bond donors (Lipinski definition) is 3. The average Bonchev–Trinajstić information content (AvgIpc) is 3.07. The zero-order valence-corrected chi connectivity index (χ0v) is 16.5. The van der Waals surface area contributed by atoms with Crippen LogP contribution in [0.5, 0.6) is 0 Å². The number of carbonyl (C=O) groups is 1. The van der Waals surface area contributed by atoms with Gasteiger partial charge in [0.05, 0.1) is 5.52 Å². The van der Waals surface area contributed by atoms with Crippen LogP contribution in [0, 0.1) is 5.82 Å². The molecule has 152 valence electrons. The first-order chi connectivity index (χ1) is 14.4. The Morgan fingerprint density at radius 1 is 1.10 bits per heavy atom. The van der Waals surface area contributed by atoms with Gasteiger partial charge in [0.25, 0.3) is 5.95 Å². The molecule has 0 aliphatic carbocycles. The van der Waals surface area contributed by atoms with Crippen molar-refractivity contribution in [3.63, 3.8) is 0 Å². The van der Waals surface area contributed by atoms with Gasteiger partial charge in [0.15, 0.2) is 11.6 Å². The maximum atomic E-state index is 14.1. The molecule has 0 saturated carbocycles. The number of fused-ring (bicyclic) bond motifs is 1. The Hall–Kier alpha value is -3.86. The fourth-order valence-corrected chi connectivity index (χ4v) is 3.83. The molecule has 4 aromatic rings.